The Morgan fingerprint density at radius 1 is 0.952 bits per heavy atom. The number of piperazine rings is 1. The molecule has 1 N–H and O–H groups in total. The molecule has 1 aliphatic rings. The first kappa shape index (κ1) is 31.3. The average Bonchev–Trinajstić information content (AvgIpc) is 2.97. The quantitative estimate of drug-likeness (QED) is 0.308. The molecule has 1 amide bonds. The van der Waals surface area contributed by atoms with Crippen LogP contribution in [-0.4, -0.2) is 106 Å². The van der Waals surface area contributed by atoms with Gasteiger partial charge in [0.25, 0.3) is 0 Å². The number of likely N-dealkylation sites (N-methyl/N-ethyl adjacent to an activating group) is 1. The number of benzene rings is 2. The van der Waals surface area contributed by atoms with E-state index < -0.39 is 0 Å². The van der Waals surface area contributed by atoms with E-state index in [0.29, 0.717) is 52.6 Å². The van der Waals surface area contributed by atoms with E-state index in [1.165, 1.54) is 0 Å². The maximum atomic E-state index is 13.3. The number of nitrogens with zero attached hydrogens (tertiary/aromatic N) is 4. The van der Waals surface area contributed by atoms with Gasteiger partial charge in [0.05, 0.1) is 43.1 Å². The van der Waals surface area contributed by atoms with Gasteiger partial charge in [-0.15, -0.1) is 0 Å². The van der Waals surface area contributed by atoms with Gasteiger partial charge in [-0.3, -0.25) is 9.59 Å². The molecule has 1 fully saturated rings. The maximum absolute atomic E-state index is 13.3. The minimum absolute atomic E-state index is 0.0711. The van der Waals surface area contributed by atoms with E-state index in [1.54, 1.807) is 26.4 Å². The van der Waals surface area contributed by atoms with Crippen LogP contribution < -0.4 is 25.0 Å². The van der Waals surface area contributed by atoms with Crippen LogP contribution in [0.4, 0.5) is 5.69 Å². The molecule has 4 rings (SSSR count). The van der Waals surface area contributed by atoms with Crippen molar-refractivity contribution in [2.45, 2.75) is 19.3 Å². The molecule has 0 unspecified atom stereocenters. The van der Waals surface area contributed by atoms with Crippen molar-refractivity contribution >= 4 is 22.5 Å². The van der Waals surface area contributed by atoms with E-state index >= 15 is 0 Å². The van der Waals surface area contributed by atoms with Gasteiger partial charge in [-0.1, -0.05) is 0 Å². The van der Waals surface area contributed by atoms with E-state index in [0.717, 1.165) is 57.7 Å². The van der Waals surface area contributed by atoms with Gasteiger partial charge in [0.1, 0.15) is 17.2 Å². The first-order valence-corrected chi connectivity index (χ1v) is 14.6. The van der Waals surface area contributed by atoms with Crippen molar-refractivity contribution in [2.24, 2.45) is 7.05 Å². The number of hydrogen-bond acceptors (Lipinski definition) is 8. The van der Waals surface area contributed by atoms with Crippen LogP contribution in [0, 0.1) is 0 Å². The second kappa shape index (κ2) is 14.5. The summed E-state index contributed by atoms with van der Waals surface area (Å²) in [5.41, 5.74) is 2.61. The van der Waals surface area contributed by atoms with Gasteiger partial charge < -0.3 is 38.8 Å². The Hall–Kier alpha value is -3.60. The van der Waals surface area contributed by atoms with Crippen molar-refractivity contribution in [1.29, 1.82) is 0 Å². The fourth-order valence-electron chi connectivity index (χ4n) is 5.29. The first-order chi connectivity index (χ1) is 20.2. The van der Waals surface area contributed by atoms with E-state index in [1.807, 2.05) is 50.0 Å². The third-order valence-corrected chi connectivity index (χ3v) is 7.78. The monoisotopic (exact) mass is 579 g/mol. The molecular weight excluding hydrogens is 534 g/mol. The van der Waals surface area contributed by atoms with Crippen molar-refractivity contribution in [3.63, 3.8) is 0 Å². The minimum Gasteiger partial charge on any atom is -0.497 e. The number of rotatable bonds is 13. The predicted molar refractivity (Wildman–Crippen MR) is 168 cm³/mol. The van der Waals surface area contributed by atoms with Crippen molar-refractivity contribution in [3.8, 4) is 28.5 Å². The Kier molecular flexibility index (Phi) is 10.8. The highest BCUT2D eigenvalue weighted by Gasteiger charge is 2.17. The third-order valence-electron chi connectivity index (χ3n) is 7.78. The predicted octanol–water partition coefficient (Wildman–Crippen LogP) is 3.52. The summed E-state index contributed by atoms with van der Waals surface area (Å²) in [7, 11) is 11.2. The number of anilines is 1. The topological polar surface area (TPSA) is 88.5 Å². The second-order valence-corrected chi connectivity index (χ2v) is 11.2. The van der Waals surface area contributed by atoms with Crippen molar-refractivity contribution in [2.75, 3.05) is 86.6 Å². The molecule has 10 heteroatoms. The standard InChI is InChI=1S/C32H45N5O5/c1-34(2)12-7-9-31(39)33-25-19-23(10-11-29(25)42-18-8-13-37-16-14-35(3)15-17-37)26-22-28(38)32-27(36(26)4)20-24(40-5)21-30(32)41-6/h10-11,19-22H,7-9,12-18H2,1-6H3,(H,33,39). The van der Waals surface area contributed by atoms with Crippen LogP contribution in [0.5, 0.6) is 17.2 Å². The summed E-state index contributed by atoms with van der Waals surface area (Å²) < 4.78 is 19.1. The first-order valence-electron chi connectivity index (χ1n) is 14.6. The molecule has 10 nitrogen and oxygen atoms in total. The highest BCUT2D eigenvalue weighted by atomic mass is 16.5. The molecule has 1 saturated heterocycles. The van der Waals surface area contributed by atoms with Crippen LogP contribution in [0.2, 0.25) is 0 Å². The number of carbonyl (C=O) groups is 1. The number of aryl methyl sites for hydroxylation is 1. The SMILES string of the molecule is COc1cc(OC)c2c(=O)cc(-c3ccc(OCCCN4CCN(C)CC4)c(NC(=O)CCCN(C)C)c3)n(C)c2c1. The number of pyridine rings is 1. The van der Waals surface area contributed by atoms with E-state index in [-0.39, 0.29) is 11.3 Å². The Bertz CT molecular complexity index is 1430. The fraction of sp³-hybridized carbons (Fsp3) is 0.500. The lowest BCUT2D eigenvalue weighted by Crippen LogP contribution is -2.44. The Labute approximate surface area is 248 Å². The molecular formula is C32H45N5O5. The van der Waals surface area contributed by atoms with Crippen LogP contribution in [0.15, 0.2) is 41.2 Å². The van der Waals surface area contributed by atoms with Crippen LogP contribution in [-0.2, 0) is 11.8 Å². The maximum Gasteiger partial charge on any atom is 0.224 e. The summed E-state index contributed by atoms with van der Waals surface area (Å²) in [5.74, 6) is 1.60. The molecule has 0 bridgehead atoms. The third kappa shape index (κ3) is 7.81. The molecule has 2 heterocycles. The zero-order chi connectivity index (χ0) is 30.2. The molecule has 0 atom stereocenters. The van der Waals surface area contributed by atoms with Gasteiger partial charge in [0.2, 0.25) is 5.91 Å². The van der Waals surface area contributed by atoms with Gasteiger partial charge in [-0.25, -0.2) is 0 Å². The lowest BCUT2D eigenvalue weighted by Gasteiger charge is -2.32. The number of hydrogen-bond donors (Lipinski definition) is 1. The number of nitrogens with one attached hydrogen (secondary N) is 1. The van der Waals surface area contributed by atoms with Gasteiger partial charge in [0.15, 0.2) is 5.43 Å². The highest BCUT2D eigenvalue weighted by molar-refractivity contribution is 5.94. The van der Waals surface area contributed by atoms with E-state index in [9.17, 15) is 9.59 Å². The lowest BCUT2D eigenvalue weighted by molar-refractivity contribution is -0.116. The molecule has 228 valence electrons. The average molecular weight is 580 g/mol. The molecule has 1 aliphatic heterocycles. The zero-order valence-corrected chi connectivity index (χ0v) is 25.9. The largest absolute Gasteiger partial charge is 0.497 e. The van der Waals surface area contributed by atoms with Crippen LogP contribution >= 0.6 is 0 Å². The lowest BCUT2D eigenvalue weighted by atomic mass is 10.1. The summed E-state index contributed by atoms with van der Waals surface area (Å²) in [6.45, 7) is 6.67. The van der Waals surface area contributed by atoms with Gasteiger partial charge >= 0.3 is 0 Å². The molecule has 42 heavy (non-hydrogen) atoms. The van der Waals surface area contributed by atoms with Crippen molar-refractivity contribution < 1.29 is 19.0 Å². The van der Waals surface area contributed by atoms with Crippen molar-refractivity contribution in [1.82, 2.24) is 19.3 Å². The second-order valence-electron chi connectivity index (χ2n) is 11.2. The summed E-state index contributed by atoms with van der Waals surface area (Å²) in [5, 5.41) is 3.56. The van der Waals surface area contributed by atoms with Crippen LogP contribution in [0.25, 0.3) is 22.2 Å². The fourth-order valence-corrected chi connectivity index (χ4v) is 5.29. The Morgan fingerprint density at radius 3 is 2.40 bits per heavy atom. The molecule has 0 saturated carbocycles. The van der Waals surface area contributed by atoms with E-state index in [4.69, 9.17) is 14.2 Å². The van der Waals surface area contributed by atoms with Crippen LogP contribution in [0.3, 0.4) is 0 Å². The molecule has 2 aromatic carbocycles. The number of ether oxygens (including phenoxy) is 3. The smallest absolute Gasteiger partial charge is 0.224 e. The normalized spacial score (nSPS) is 14.4. The minimum atomic E-state index is -0.156. The summed E-state index contributed by atoms with van der Waals surface area (Å²) in [4.78, 5) is 33.1. The van der Waals surface area contributed by atoms with E-state index in [2.05, 4.69) is 27.1 Å². The van der Waals surface area contributed by atoms with Gasteiger partial charge in [-0.05, 0) is 58.7 Å². The highest BCUT2D eigenvalue weighted by Crippen LogP contribution is 2.34. The number of carbonyl (C=O) groups excluding carboxylic acids is 1. The summed E-state index contributed by atoms with van der Waals surface area (Å²) in [6, 6.07) is 10.8. The number of amides is 1. The summed E-state index contributed by atoms with van der Waals surface area (Å²) in [6.07, 6.45) is 2.05. The number of aromatic nitrogens is 1. The number of methoxy groups -OCH3 is 2. The Balaban J connectivity index is 1.60. The molecule has 3 aromatic rings. The molecule has 0 spiro atoms. The molecule has 0 radical (unpaired) electrons. The van der Waals surface area contributed by atoms with Gasteiger partial charge in [-0.2, -0.15) is 0 Å². The zero-order valence-electron chi connectivity index (χ0n) is 25.9. The Morgan fingerprint density at radius 2 is 1.71 bits per heavy atom. The van der Waals surface area contributed by atoms with Crippen molar-refractivity contribution in [3.05, 3.63) is 46.6 Å². The van der Waals surface area contributed by atoms with Crippen LogP contribution in [0.1, 0.15) is 19.3 Å². The van der Waals surface area contributed by atoms with Gasteiger partial charge in [0, 0.05) is 70.0 Å². The molecule has 0 aliphatic carbocycles. The number of fused-ring (bicyclic) bond motifs is 1. The summed E-state index contributed by atoms with van der Waals surface area (Å²) >= 11 is 0. The molecule has 1 aromatic heterocycles.